The molecule has 3 aromatic rings. The minimum atomic E-state index is -0.941. The summed E-state index contributed by atoms with van der Waals surface area (Å²) in [7, 11) is 0. The van der Waals surface area contributed by atoms with Gasteiger partial charge in [-0.25, -0.2) is 9.78 Å². The first-order chi connectivity index (χ1) is 9.63. The summed E-state index contributed by atoms with van der Waals surface area (Å²) in [5.41, 5.74) is 4.20. The minimum absolute atomic E-state index is 0.259. The third-order valence-corrected chi connectivity index (χ3v) is 3.07. The van der Waals surface area contributed by atoms with Crippen molar-refractivity contribution in [2.24, 2.45) is 0 Å². The van der Waals surface area contributed by atoms with E-state index in [0.29, 0.717) is 5.69 Å². The number of hydrogen-bond donors (Lipinski definition) is 1. The van der Waals surface area contributed by atoms with E-state index in [0.717, 1.165) is 22.2 Å². The molecular formula is C16H12N2O2. The molecule has 0 aliphatic heterocycles. The first-order valence-corrected chi connectivity index (χ1v) is 6.20. The van der Waals surface area contributed by atoms with Gasteiger partial charge in [-0.15, -0.1) is 0 Å². The molecule has 0 amide bonds. The Kier molecular flexibility index (Phi) is 2.91. The molecule has 98 valence electrons. The average molecular weight is 264 g/mol. The number of fused-ring (bicyclic) bond motifs is 1. The molecule has 0 fully saturated rings. The molecule has 4 nitrogen and oxygen atoms in total. The van der Waals surface area contributed by atoms with Crippen LogP contribution in [-0.4, -0.2) is 21.0 Å². The number of carboxylic acids is 1. The molecule has 3 rings (SSSR count). The molecule has 0 atom stereocenters. The molecule has 0 saturated heterocycles. The van der Waals surface area contributed by atoms with E-state index in [1.165, 1.54) is 0 Å². The Labute approximate surface area is 115 Å². The zero-order valence-corrected chi connectivity index (χ0v) is 10.9. The quantitative estimate of drug-likeness (QED) is 0.771. The highest BCUT2D eigenvalue weighted by Crippen LogP contribution is 2.22. The van der Waals surface area contributed by atoms with Crippen molar-refractivity contribution >= 4 is 17.0 Å². The lowest BCUT2D eigenvalue weighted by Crippen LogP contribution is -1.98. The van der Waals surface area contributed by atoms with Gasteiger partial charge in [-0.2, -0.15) is 0 Å². The molecule has 0 bridgehead atoms. The lowest BCUT2D eigenvalue weighted by atomic mass is 10.0. The van der Waals surface area contributed by atoms with Crippen LogP contribution in [0.4, 0.5) is 0 Å². The van der Waals surface area contributed by atoms with Gasteiger partial charge in [0, 0.05) is 5.56 Å². The van der Waals surface area contributed by atoms with E-state index in [4.69, 9.17) is 5.11 Å². The van der Waals surface area contributed by atoms with Crippen molar-refractivity contribution in [3.05, 3.63) is 59.8 Å². The zero-order valence-electron chi connectivity index (χ0n) is 10.9. The molecule has 0 aliphatic rings. The maximum absolute atomic E-state index is 11.1. The van der Waals surface area contributed by atoms with Crippen LogP contribution in [0.15, 0.2) is 48.7 Å². The van der Waals surface area contributed by atoms with Crippen LogP contribution in [-0.2, 0) is 0 Å². The van der Waals surface area contributed by atoms with E-state index in [1.807, 2.05) is 37.3 Å². The summed E-state index contributed by atoms with van der Waals surface area (Å²) < 4.78 is 0. The molecule has 0 radical (unpaired) electrons. The topological polar surface area (TPSA) is 63.1 Å². The van der Waals surface area contributed by atoms with Crippen molar-refractivity contribution in [1.29, 1.82) is 0 Å². The highest BCUT2D eigenvalue weighted by Gasteiger charge is 2.08. The number of aromatic carboxylic acids is 1. The summed E-state index contributed by atoms with van der Waals surface area (Å²) in [6.07, 6.45) is 1.67. The number of nitrogens with zero attached hydrogens (tertiary/aromatic N) is 2. The number of rotatable bonds is 2. The number of para-hydroxylation sites is 2. The van der Waals surface area contributed by atoms with Crippen molar-refractivity contribution in [2.45, 2.75) is 6.92 Å². The van der Waals surface area contributed by atoms with Crippen LogP contribution in [0.3, 0.4) is 0 Å². The Balaban J connectivity index is 2.17. The molecule has 20 heavy (non-hydrogen) atoms. The molecule has 1 aromatic heterocycles. The summed E-state index contributed by atoms with van der Waals surface area (Å²) >= 11 is 0. The van der Waals surface area contributed by atoms with Gasteiger partial charge < -0.3 is 5.11 Å². The van der Waals surface area contributed by atoms with Gasteiger partial charge in [-0.05, 0) is 42.8 Å². The van der Waals surface area contributed by atoms with Gasteiger partial charge in [0.05, 0.1) is 28.5 Å². The van der Waals surface area contributed by atoms with Crippen molar-refractivity contribution in [2.75, 3.05) is 0 Å². The first kappa shape index (κ1) is 12.3. The van der Waals surface area contributed by atoms with Crippen molar-refractivity contribution in [3.8, 4) is 11.3 Å². The lowest BCUT2D eigenvalue weighted by molar-refractivity contribution is 0.0697. The molecule has 0 spiro atoms. The summed E-state index contributed by atoms with van der Waals surface area (Å²) in [6, 6.07) is 12.8. The Morgan fingerprint density at radius 1 is 1.10 bits per heavy atom. The first-order valence-electron chi connectivity index (χ1n) is 6.20. The SMILES string of the molecule is Cc1cc(C(=O)O)cc(-c2cnc3ccccc3n2)c1. The van der Waals surface area contributed by atoms with Crippen molar-refractivity contribution in [1.82, 2.24) is 9.97 Å². The monoisotopic (exact) mass is 264 g/mol. The Morgan fingerprint density at radius 2 is 1.85 bits per heavy atom. The zero-order chi connectivity index (χ0) is 14.1. The number of carboxylic acid groups (broad SMARTS) is 1. The highest BCUT2D eigenvalue weighted by atomic mass is 16.4. The lowest BCUT2D eigenvalue weighted by Gasteiger charge is -2.05. The normalized spacial score (nSPS) is 10.7. The number of aromatic nitrogens is 2. The largest absolute Gasteiger partial charge is 0.478 e. The number of carbonyl (C=O) groups is 1. The van der Waals surface area contributed by atoms with E-state index in [-0.39, 0.29) is 5.56 Å². The summed E-state index contributed by atoms with van der Waals surface area (Å²) in [5, 5.41) is 9.12. The molecule has 1 N–H and O–H groups in total. The standard InChI is InChI=1S/C16H12N2O2/c1-10-6-11(8-12(7-10)16(19)20)15-9-17-13-4-2-3-5-14(13)18-15/h2-9H,1H3,(H,19,20). The second kappa shape index (κ2) is 4.74. The number of benzene rings is 2. The van der Waals surface area contributed by atoms with Gasteiger partial charge in [0.1, 0.15) is 0 Å². The average Bonchev–Trinajstić information content (AvgIpc) is 2.46. The number of hydrogen-bond acceptors (Lipinski definition) is 3. The van der Waals surface area contributed by atoms with Crippen LogP contribution in [0, 0.1) is 6.92 Å². The predicted molar refractivity (Wildman–Crippen MR) is 76.7 cm³/mol. The predicted octanol–water partition coefficient (Wildman–Crippen LogP) is 3.30. The minimum Gasteiger partial charge on any atom is -0.478 e. The molecule has 0 saturated carbocycles. The van der Waals surface area contributed by atoms with E-state index in [1.54, 1.807) is 18.3 Å². The fourth-order valence-electron chi connectivity index (χ4n) is 2.15. The third-order valence-electron chi connectivity index (χ3n) is 3.07. The highest BCUT2D eigenvalue weighted by molar-refractivity contribution is 5.89. The van der Waals surface area contributed by atoms with E-state index in [9.17, 15) is 4.79 Å². The van der Waals surface area contributed by atoms with Gasteiger partial charge in [-0.1, -0.05) is 12.1 Å². The fourth-order valence-corrected chi connectivity index (χ4v) is 2.15. The van der Waals surface area contributed by atoms with Gasteiger partial charge in [0.15, 0.2) is 0 Å². The van der Waals surface area contributed by atoms with Crippen LogP contribution in [0.25, 0.3) is 22.3 Å². The molecule has 1 heterocycles. The van der Waals surface area contributed by atoms with Crippen LogP contribution in [0.1, 0.15) is 15.9 Å². The van der Waals surface area contributed by atoms with Crippen molar-refractivity contribution < 1.29 is 9.90 Å². The Morgan fingerprint density at radius 3 is 2.60 bits per heavy atom. The van der Waals surface area contributed by atoms with Gasteiger partial charge in [0.2, 0.25) is 0 Å². The van der Waals surface area contributed by atoms with Crippen molar-refractivity contribution in [3.63, 3.8) is 0 Å². The van der Waals surface area contributed by atoms with Crippen LogP contribution in [0.5, 0.6) is 0 Å². The van der Waals surface area contributed by atoms with E-state index < -0.39 is 5.97 Å². The Hall–Kier alpha value is -2.75. The molecule has 0 aliphatic carbocycles. The molecule has 2 aromatic carbocycles. The van der Waals surface area contributed by atoms with Gasteiger partial charge in [0.25, 0.3) is 0 Å². The maximum Gasteiger partial charge on any atom is 0.335 e. The van der Waals surface area contributed by atoms with Crippen LogP contribution in [0.2, 0.25) is 0 Å². The summed E-state index contributed by atoms with van der Waals surface area (Å²) in [6.45, 7) is 1.87. The fraction of sp³-hybridized carbons (Fsp3) is 0.0625. The second-order valence-corrected chi connectivity index (χ2v) is 4.64. The Bertz CT molecular complexity index is 812. The summed E-state index contributed by atoms with van der Waals surface area (Å²) in [4.78, 5) is 20.0. The van der Waals surface area contributed by atoms with Gasteiger partial charge >= 0.3 is 5.97 Å². The number of aryl methyl sites for hydroxylation is 1. The van der Waals surface area contributed by atoms with Gasteiger partial charge in [-0.3, -0.25) is 4.98 Å². The molecule has 0 unspecified atom stereocenters. The second-order valence-electron chi connectivity index (χ2n) is 4.64. The molecular weight excluding hydrogens is 252 g/mol. The maximum atomic E-state index is 11.1. The van der Waals surface area contributed by atoms with E-state index in [2.05, 4.69) is 9.97 Å². The van der Waals surface area contributed by atoms with E-state index >= 15 is 0 Å². The summed E-state index contributed by atoms with van der Waals surface area (Å²) in [5.74, 6) is -0.941. The molecule has 4 heteroatoms. The smallest absolute Gasteiger partial charge is 0.335 e. The van der Waals surface area contributed by atoms with Crippen LogP contribution < -0.4 is 0 Å². The third kappa shape index (κ3) is 2.23. The van der Waals surface area contributed by atoms with Crippen LogP contribution >= 0.6 is 0 Å².